The van der Waals surface area contributed by atoms with Crippen LogP contribution in [0, 0.1) is 13.8 Å². The minimum absolute atomic E-state index is 0.0211. The molecular formula is C25H23NO2. The second-order valence-electron chi connectivity index (χ2n) is 7.19. The second kappa shape index (κ2) is 7.01. The minimum atomic E-state index is -0.0211. The van der Waals surface area contributed by atoms with Gasteiger partial charge in [0.1, 0.15) is 5.75 Å². The van der Waals surface area contributed by atoms with E-state index in [0.29, 0.717) is 0 Å². The van der Waals surface area contributed by atoms with E-state index in [1.165, 1.54) is 11.1 Å². The highest BCUT2D eigenvalue weighted by Crippen LogP contribution is 2.42. The lowest BCUT2D eigenvalue weighted by Crippen LogP contribution is -2.07. The van der Waals surface area contributed by atoms with Gasteiger partial charge < -0.3 is 4.74 Å². The molecule has 0 radical (unpaired) electrons. The van der Waals surface area contributed by atoms with Gasteiger partial charge in [-0.1, -0.05) is 59.7 Å². The van der Waals surface area contributed by atoms with Gasteiger partial charge in [0, 0.05) is 23.9 Å². The highest BCUT2D eigenvalue weighted by Gasteiger charge is 2.22. The zero-order valence-corrected chi connectivity index (χ0v) is 16.6. The van der Waals surface area contributed by atoms with Crippen molar-refractivity contribution in [3.05, 3.63) is 77.9 Å². The van der Waals surface area contributed by atoms with E-state index in [9.17, 15) is 4.79 Å². The smallest absolute Gasteiger partial charge is 0.228 e. The first kappa shape index (κ1) is 18.1. The molecule has 3 heteroatoms. The number of aryl methyl sites for hydroxylation is 2. The molecule has 4 rings (SSSR count). The molecule has 28 heavy (non-hydrogen) atoms. The number of hydrogen-bond donors (Lipinski definition) is 0. The highest BCUT2D eigenvalue weighted by molar-refractivity contribution is 6.10. The molecule has 0 aliphatic heterocycles. The summed E-state index contributed by atoms with van der Waals surface area (Å²) in [6.07, 6.45) is 0. The van der Waals surface area contributed by atoms with E-state index in [1.54, 1.807) is 18.6 Å². The third kappa shape index (κ3) is 2.99. The number of carbonyl (C=O) groups excluding carboxylic acids is 1. The van der Waals surface area contributed by atoms with E-state index in [2.05, 4.69) is 62.4 Å². The van der Waals surface area contributed by atoms with Crippen LogP contribution in [0.2, 0.25) is 0 Å². The summed E-state index contributed by atoms with van der Waals surface area (Å²) < 4.78 is 7.23. The van der Waals surface area contributed by atoms with Gasteiger partial charge in [0.2, 0.25) is 5.91 Å². The van der Waals surface area contributed by atoms with Gasteiger partial charge in [0.25, 0.3) is 0 Å². The van der Waals surface area contributed by atoms with Crippen molar-refractivity contribution in [1.29, 1.82) is 0 Å². The molecule has 3 aromatic carbocycles. The third-order valence-corrected chi connectivity index (χ3v) is 5.16. The normalized spacial score (nSPS) is 11.0. The van der Waals surface area contributed by atoms with Crippen LogP contribution in [0.5, 0.6) is 5.75 Å². The lowest BCUT2D eigenvalue weighted by Gasteiger charge is -2.11. The number of nitrogens with zero attached hydrogens (tertiary/aromatic N) is 1. The van der Waals surface area contributed by atoms with Crippen molar-refractivity contribution in [2.75, 3.05) is 7.11 Å². The van der Waals surface area contributed by atoms with Crippen molar-refractivity contribution in [3.8, 4) is 28.1 Å². The summed E-state index contributed by atoms with van der Waals surface area (Å²) in [6.45, 7) is 5.75. The SMILES string of the molecule is COc1ccc2c(-c3ccc(C)cc3)c(-c3ccc(C)cc3)n(C(C)=O)c2c1. The average molecular weight is 369 g/mol. The fourth-order valence-corrected chi connectivity index (χ4v) is 3.72. The zero-order valence-electron chi connectivity index (χ0n) is 16.6. The molecule has 3 nitrogen and oxygen atoms in total. The first-order chi connectivity index (χ1) is 13.5. The van der Waals surface area contributed by atoms with Crippen LogP contribution in [0.25, 0.3) is 33.3 Å². The van der Waals surface area contributed by atoms with Gasteiger partial charge in [-0.2, -0.15) is 0 Å². The highest BCUT2D eigenvalue weighted by atomic mass is 16.5. The fraction of sp³-hybridized carbons (Fsp3) is 0.160. The molecule has 0 saturated carbocycles. The van der Waals surface area contributed by atoms with Crippen molar-refractivity contribution in [3.63, 3.8) is 0 Å². The largest absolute Gasteiger partial charge is 0.497 e. The van der Waals surface area contributed by atoms with Crippen LogP contribution >= 0.6 is 0 Å². The molecule has 1 aromatic heterocycles. The van der Waals surface area contributed by atoms with Crippen LogP contribution in [0.4, 0.5) is 0 Å². The Balaban J connectivity index is 2.15. The number of rotatable bonds is 3. The van der Waals surface area contributed by atoms with E-state index in [4.69, 9.17) is 4.74 Å². The van der Waals surface area contributed by atoms with Crippen molar-refractivity contribution in [2.45, 2.75) is 20.8 Å². The molecule has 0 bridgehead atoms. The Morgan fingerprint density at radius 3 is 1.93 bits per heavy atom. The van der Waals surface area contributed by atoms with Crippen LogP contribution in [-0.4, -0.2) is 17.6 Å². The van der Waals surface area contributed by atoms with Crippen molar-refractivity contribution < 1.29 is 9.53 Å². The average Bonchev–Trinajstić information content (AvgIpc) is 3.03. The Morgan fingerprint density at radius 2 is 1.39 bits per heavy atom. The molecule has 0 saturated heterocycles. The lowest BCUT2D eigenvalue weighted by atomic mass is 9.97. The van der Waals surface area contributed by atoms with Crippen LogP contribution in [0.1, 0.15) is 22.8 Å². The van der Waals surface area contributed by atoms with Gasteiger partial charge in [0.15, 0.2) is 0 Å². The van der Waals surface area contributed by atoms with Crippen LogP contribution in [0.15, 0.2) is 66.7 Å². The molecule has 0 N–H and O–H groups in total. The summed E-state index contributed by atoms with van der Waals surface area (Å²) in [5.74, 6) is 0.714. The summed E-state index contributed by atoms with van der Waals surface area (Å²) in [6, 6.07) is 22.7. The topological polar surface area (TPSA) is 31.2 Å². The van der Waals surface area contributed by atoms with Gasteiger partial charge in [-0.05, 0) is 37.1 Å². The number of ether oxygens (including phenoxy) is 1. The molecule has 0 aliphatic rings. The zero-order chi connectivity index (χ0) is 19.8. The molecule has 0 atom stereocenters. The van der Waals surface area contributed by atoms with Crippen molar-refractivity contribution in [2.24, 2.45) is 0 Å². The van der Waals surface area contributed by atoms with Gasteiger partial charge in [-0.3, -0.25) is 9.36 Å². The molecule has 140 valence electrons. The Bertz CT molecular complexity index is 1170. The number of hydrogen-bond acceptors (Lipinski definition) is 2. The Hall–Kier alpha value is -3.33. The molecule has 0 spiro atoms. The summed E-state index contributed by atoms with van der Waals surface area (Å²) >= 11 is 0. The summed E-state index contributed by atoms with van der Waals surface area (Å²) in [4.78, 5) is 12.7. The van der Waals surface area contributed by atoms with Gasteiger partial charge in [0.05, 0.1) is 18.3 Å². The predicted molar refractivity (Wildman–Crippen MR) is 115 cm³/mol. The van der Waals surface area contributed by atoms with Gasteiger partial charge in [-0.25, -0.2) is 0 Å². The summed E-state index contributed by atoms with van der Waals surface area (Å²) in [7, 11) is 1.64. The Kier molecular flexibility index (Phi) is 4.52. The fourth-order valence-electron chi connectivity index (χ4n) is 3.72. The Morgan fingerprint density at radius 1 is 0.821 bits per heavy atom. The van der Waals surface area contributed by atoms with Crippen LogP contribution < -0.4 is 4.74 Å². The minimum Gasteiger partial charge on any atom is -0.497 e. The maximum absolute atomic E-state index is 12.7. The number of methoxy groups -OCH3 is 1. The van der Waals surface area contributed by atoms with E-state index < -0.39 is 0 Å². The maximum atomic E-state index is 12.7. The maximum Gasteiger partial charge on any atom is 0.228 e. The third-order valence-electron chi connectivity index (χ3n) is 5.16. The molecule has 0 amide bonds. The molecule has 1 heterocycles. The molecule has 0 aliphatic carbocycles. The lowest BCUT2D eigenvalue weighted by molar-refractivity contribution is 0.0943. The molecular weight excluding hydrogens is 346 g/mol. The second-order valence-corrected chi connectivity index (χ2v) is 7.19. The number of aromatic nitrogens is 1. The first-order valence-corrected chi connectivity index (χ1v) is 9.37. The van der Waals surface area contributed by atoms with Crippen molar-refractivity contribution >= 4 is 16.8 Å². The molecule has 0 unspecified atom stereocenters. The number of fused-ring (bicyclic) bond motifs is 1. The van der Waals surface area contributed by atoms with E-state index in [1.807, 2.05) is 18.2 Å². The van der Waals surface area contributed by atoms with Gasteiger partial charge >= 0.3 is 0 Å². The van der Waals surface area contributed by atoms with E-state index in [0.717, 1.165) is 39.0 Å². The first-order valence-electron chi connectivity index (χ1n) is 9.37. The van der Waals surface area contributed by atoms with E-state index in [-0.39, 0.29) is 5.91 Å². The number of carbonyl (C=O) groups is 1. The summed E-state index contributed by atoms with van der Waals surface area (Å²) in [5.41, 5.74) is 7.35. The van der Waals surface area contributed by atoms with E-state index >= 15 is 0 Å². The Labute approximate surface area is 165 Å². The standard InChI is InChI=1S/C25H23NO2/c1-16-5-9-19(10-6-16)24-22-14-13-21(28-4)15-23(22)26(18(3)27)25(24)20-11-7-17(2)8-12-20/h5-15H,1-4H3. The van der Waals surface area contributed by atoms with Crippen molar-refractivity contribution in [1.82, 2.24) is 4.57 Å². The van der Waals surface area contributed by atoms with Crippen LogP contribution in [-0.2, 0) is 0 Å². The van der Waals surface area contributed by atoms with Gasteiger partial charge in [-0.15, -0.1) is 0 Å². The number of benzene rings is 3. The monoisotopic (exact) mass is 369 g/mol. The predicted octanol–water partition coefficient (Wildman–Crippen LogP) is 6.26. The summed E-state index contributed by atoms with van der Waals surface area (Å²) in [5, 5.41) is 1.04. The quantitative estimate of drug-likeness (QED) is 0.427. The molecule has 4 aromatic rings. The van der Waals surface area contributed by atoms with Crippen LogP contribution in [0.3, 0.4) is 0 Å². The molecule has 0 fully saturated rings.